The van der Waals surface area contributed by atoms with E-state index in [0.717, 1.165) is 37.3 Å². The summed E-state index contributed by atoms with van der Waals surface area (Å²) in [5, 5.41) is 16.7. The molecule has 0 saturated heterocycles. The highest BCUT2D eigenvalue weighted by atomic mass is 127. The molecule has 0 aromatic carbocycles. The number of furan rings is 1. The predicted octanol–water partition coefficient (Wildman–Crippen LogP) is 2.50. The molecule has 120 valence electrons. The molecule has 0 spiro atoms. The number of rotatable bonds is 4. The van der Waals surface area contributed by atoms with Crippen molar-refractivity contribution < 1.29 is 9.52 Å². The molecule has 1 aliphatic carbocycles. The lowest BCUT2D eigenvalue weighted by molar-refractivity contribution is 0.00397. The molecular weight excluding hydrogens is 381 g/mol. The van der Waals surface area contributed by atoms with E-state index in [0.29, 0.717) is 6.54 Å². The maximum Gasteiger partial charge on any atom is 0.191 e. The molecule has 1 saturated carbocycles. The Morgan fingerprint density at radius 3 is 2.90 bits per heavy atom. The van der Waals surface area contributed by atoms with Gasteiger partial charge in [0, 0.05) is 31.1 Å². The van der Waals surface area contributed by atoms with Crippen LogP contribution in [0.5, 0.6) is 0 Å². The van der Waals surface area contributed by atoms with Gasteiger partial charge in [-0.25, -0.2) is 0 Å². The summed E-state index contributed by atoms with van der Waals surface area (Å²) in [6.45, 7) is 3.56. The number of halogens is 1. The molecule has 0 amide bonds. The minimum atomic E-state index is -0.226. The molecule has 1 aromatic rings. The Balaban J connectivity index is 0.00000220. The molecule has 6 heteroatoms. The second-order valence-electron chi connectivity index (χ2n) is 5.83. The highest BCUT2D eigenvalue weighted by molar-refractivity contribution is 14.0. The first-order valence-corrected chi connectivity index (χ1v) is 7.28. The summed E-state index contributed by atoms with van der Waals surface area (Å²) < 4.78 is 5.03. The van der Waals surface area contributed by atoms with Crippen LogP contribution in [0, 0.1) is 5.41 Å². The smallest absolute Gasteiger partial charge is 0.191 e. The topological polar surface area (TPSA) is 69.8 Å². The maximum atomic E-state index is 10.2. The number of aliphatic hydroxyl groups excluding tert-OH is 1. The number of guanidine groups is 1. The first-order valence-electron chi connectivity index (χ1n) is 7.28. The number of aliphatic imine (C=N–C) groups is 1. The molecule has 0 radical (unpaired) electrons. The summed E-state index contributed by atoms with van der Waals surface area (Å²) in [6, 6.07) is 1.92. The second kappa shape index (κ2) is 8.63. The Hall–Kier alpha value is -0.760. The first-order chi connectivity index (χ1) is 9.64. The van der Waals surface area contributed by atoms with Crippen LogP contribution < -0.4 is 10.6 Å². The van der Waals surface area contributed by atoms with E-state index in [-0.39, 0.29) is 35.5 Å². The molecule has 2 unspecified atom stereocenters. The molecule has 21 heavy (non-hydrogen) atoms. The van der Waals surface area contributed by atoms with E-state index >= 15 is 0 Å². The van der Waals surface area contributed by atoms with Crippen LogP contribution in [0.4, 0.5) is 0 Å². The number of hydrogen-bond donors (Lipinski definition) is 3. The van der Waals surface area contributed by atoms with Gasteiger partial charge >= 0.3 is 0 Å². The third kappa shape index (κ3) is 5.18. The third-order valence-corrected chi connectivity index (χ3v) is 4.20. The van der Waals surface area contributed by atoms with E-state index in [2.05, 4.69) is 22.5 Å². The van der Waals surface area contributed by atoms with Gasteiger partial charge in [0.2, 0.25) is 0 Å². The van der Waals surface area contributed by atoms with Crippen LogP contribution in [0.15, 0.2) is 28.0 Å². The molecule has 3 N–H and O–H groups in total. The van der Waals surface area contributed by atoms with Crippen LogP contribution in [0.3, 0.4) is 0 Å². The summed E-state index contributed by atoms with van der Waals surface area (Å²) in [5.41, 5.74) is 1.02. The summed E-state index contributed by atoms with van der Waals surface area (Å²) in [6.07, 6.45) is 7.43. The van der Waals surface area contributed by atoms with E-state index in [1.807, 2.05) is 6.07 Å². The van der Waals surface area contributed by atoms with Crippen molar-refractivity contribution in [3.63, 3.8) is 0 Å². The lowest BCUT2D eigenvalue weighted by Gasteiger charge is -2.38. The van der Waals surface area contributed by atoms with Crippen LogP contribution in [0.25, 0.3) is 0 Å². The molecule has 1 aliphatic rings. The molecular formula is C15H26IN3O2. The Bertz CT molecular complexity index is 436. The standard InChI is InChI=1S/C15H25N3O2.HI/c1-15(7-4-3-5-13(15)19)11-18-14(16-2)17-9-12-6-8-20-10-12;/h6,8,10,13,19H,3-5,7,9,11H2,1-2H3,(H2,16,17,18);1H. The van der Waals surface area contributed by atoms with Crippen molar-refractivity contribution in [1.29, 1.82) is 0 Å². The minimum Gasteiger partial charge on any atom is -0.472 e. The normalized spacial score (nSPS) is 26.0. The molecule has 2 rings (SSSR count). The zero-order valence-electron chi connectivity index (χ0n) is 12.8. The van der Waals surface area contributed by atoms with Crippen molar-refractivity contribution in [2.24, 2.45) is 10.4 Å². The van der Waals surface area contributed by atoms with E-state index in [4.69, 9.17) is 4.42 Å². The number of nitrogens with one attached hydrogen (secondary N) is 2. The van der Waals surface area contributed by atoms with Crippen molar-refractivity contribution >= 4 is 29.9 Å². The van der Waals surface area contributed by atoms with Gasteiger partial charge in [-0.1, -0.05) is 19.8 Å². The van der Waals surface area contributed by atoms with Gasteiger partial charge in [-0.05, 0) is 18.9 Å². The van der Waals surface area contributed by atoms with E-state index in [9.17, 15) is 5.11 Å². The summed E-state index contributed by atoms with van der Waals surface area (Å²) in [4.78, 5) is 4.21. The van der Waals surface area contributed by atoms with Crippen molar-refractivity contribution in [2.75, 3.05) is 13.6 Å². The van der Waals surface area contributed by atoms with Gasteiger partial charge in [0.25, 0.3) is 0 Å². The van der Waals surface area contributed by atoms with Crippen LogP contribution in [-0.4, -0.2) is 30.8 Å². The third-order valence-electron chi connectivity index (χ3n) is 4.20. The zero-order chi connectivity index (χ0) is 14.4. The SMILES string of the molecule is CN=C(NCc1ccoc1)NCC1(C)CCCCC1O.I. The highest BCUT2D eigenvalue weighted by Gasteiger charge is 2.35. The van der Waals surface area contributed by atoms with E-state index < -0.39 is 0 Å². The molecule has 1 heterocycles. The average Bonchev–Trinajstić information content (AvgIpc) is 2.96. The molecule has 1 fully saturated rings. The van der Waals surface area contributed by atoms with Crippen molar-refractivity contribution in [3.05, 3.63) is 24.2 Å². The Morgan fingerprint density at radius 2 is 2.29 bits per heavy atom. The first kappa shape index (κ1) is 18.3. The van der Waals surface area contributed by atoms with Gasteiger partial charge in [-0.15, -0.1) is 24.0 Å². The number of nitrogens with zero attached hydrogens (tertiary/aromatic N) is 1. The minimum absolute atomic E-state index is 0. The Kier molecular flexibility index (Phi) is 7.51. The van der Waals surface area contributed by atoms with Crippen LogP contribution in [0.2, 0.25) is 0 Å². The summed E-state index contributed by atoms with van der Waals surface area (Å²) in [7, 11) is 1.75. The molecule has 0 bridgehead atoms. The van der Waals surface area contributed by atoms with Crippen molar-refractivity contribution in [3.8, 4) is 0 Å². The van der Waals surface area contributed by atoms with Gasteiger partial charge in [-0.3, -0.25) is 4.99 Å². The van der Waals surface area contributed by atoms with E-state index in [1.54, 1.807) is 19.6 Å². The van der Waals surface area contributed by atoms with Crippen molar-refractivity contribution in [2.45, 2.75) is 45.3 Å². The lowest BCUT2D eigenvalue weighted by Crippen LogP contribution is -2.48. The lowest BCUT2D eigenvalue weighted by atomic mass is 9.73. The van der Waals surface area contributed by atoms with Gasteiger partial charge in [0.15, 0.2) is 5.96 Å². The number of hydrogen-bond acceptors (Lipinski definition) is 3. The van der Waals surface area contributed by atoms with Crippen molar-refractivity contribution in [1.82, 2.24) is 10.6 Å². The predicted molar refractivity (Wildman–Crippen MR) is 94.9 cm³/mol. The molecule has 0 aliphatic heterocycles. The van der Waals surface area contributed by atoms with Crippen LogP contribution in [-0.2, 0) is 6.54 Å². The largest absolute Gasteiger partial charge is 0.472 e. The zero-order valence-corrected chi connectivity index (χ0v) is 15.1. The fourth-order valence-electron chi connectivity index (χ4n) is 2.67. The Labute approximate surface area is 143 Å². The summed E-state index contributed by atoms with van der Waals surface area (Å²) >= 11 is 0. The highest BCUT2D eigenvalue weighted by Crippen LogP contribution is 2.35. The Morgan fingerprint density at radius 1 is 1.48 bits per heavy atom. The van der Waals surface area contributed by atoms with Crippen LogP contribution >= 0.6 is 24.0 Å². The van der Waals surface area contributed by atoms with Gasteiger partial charge in [0.1, 0.15) is 0 Å². The maximum absolute atomic E-state index is 10.2. The second-order valence-corrected chi connectivity index (χ2v) is 5.83. The fourth-order valence-corrected chi connectivity index (χ4v) is 2.67. The molecule has 1 aromatic heterocycles. The van der Waals surface area contributed by atoms with Crippen LogP contribution in [0.1, 0.15) is 38.2 Å². The number of aliphatic hydroxyl groups is 1. The van der Waals surface area contributed by atoms with E-state index in [1.165, 1.54) is 6.42 Å². The fraction of sp³-hybridized carbons (Fsp3) is 0.667. The van der Waals surface area contributed by atoms with Gasteiger partial charge < -0.3 is 20.2 Å². The quantitative estimate of drug-likeness (QED) is 0.408. The molecule has 2 atom stereocenters. The average molecular weight is 407 g/mol. The summed E-state index contributed by atoms with van der Waals surface area (Å²) in [5.74, 6) is 0.755. The van der Waals surface area contributed by atoms with Gasteiger partial charge in [0.05, 0.1) is 18.6 Å². The van der Waals surface area contributed by atoms with Gasteiger partial charge in [-0.2, -0.15) is 0 Å². The molecule has 5 nitrogen and oxygen atoms in total. The monoisotopic (exact) mass is 407 g/mol.